The molecule has 3 heterocycles. The maximum absolute atomic E-state index is 12.9. The lowest BCUT2D eigenvalue weighted by atomic mass is 10.2. The first-order valence-corrected chi connectivity index (χ1v) is 13.0. The highest BCUT2D eigenvalue weighted by Gasteiger charge is 2.32. The van der Waals surface area contributed by atoms with Crippen molar-refractivity contribution in [2.75, 3.05) is 44.1 Å². The number of carbonyl (C=O) groups is 1. The van der Waals surface area contributed by atoms with Gasteiger partial charge in [-0.1, -0.05) is 0 Å². The van der Waals surface area contributed by atoms with E-state index in [0.717, 1.165) is 39.0 Å². The van der Waals surface area contributed by atoms with Crippen LogP contribution in [0.25, 0.3) is 0 Å². The van der Waals surface area contributed by atoms with Crippen molar-refractivity contribution in [2.45, 2.75) is 36.6 Å². The van der Waals surface area contributed by atoms with Gasteiger partial charge in [-0.2, -0.15) is 0 Å². The molecule has 1 atom stereocenters. The van der Waals surface area contributed by atoms with Crippen LogP contribution in [0.1, 0.15) is 36.0 Å². The van der Waals surface area contributed by atoms with Gasteiger partial charge >= 0.3 is 0 Å². The number of amides is 1. The van der Waals surface area contributed by atoms with Crippen molar-refractivity contribution in [3.8, 4) is 11.5 Å². The number of sulfonamides is 1. The van der Waals surface area contributed by atoms with Crippen molar-refractivity contribution in [3.05, 3.63) is 48.0 Å². The Hall–Kier alpha value is -2.78. The van der Waals surface area contributed by atoms with Gasteiger partial charge in [-0.05, 0) is 68.8 Å². The molecule has 2 saturated heterocycles. The topological polar surface area (TPSA) is 88.2 Å². The zero-order valence-corrected chi connectivity index (χ0v) is 19.4. The Morgan fingerprint density at radius 1 is 0.909 bits per heavy atom. The van der Waals surface area contributed by atoms with Crippen LogP contribution in [0.2, 0.25) is 0 Å². The molecule has 0 radical (unpaired) electrons. The van der Waals surface area contributed by atoms with E-state index in [0.29, 0.717) is 42.0 Å². The van der Waals surface area contributed by atoms with Gasteiger partial charge < -0.3 is 14.4 Å². The third kappa shape index (κ3) is 4.79. The molecular weight excluding hydrogens is 442 g/mol. The molecule has 3 aliphatic rings. The minimum Gasteiger partial charge on any atom is -0.490 e. The molecule has 0 spiro atoms. The summed E-state index contributed by atoms with van der Waals surface area (Å²) in [5.41, 5.74) is 0.964. The normalized spacial score (nSPS) is 21.1. The van der Waals surface area contributed by atoms with Gasteiger partial charge in [0.1, 0.15) is 0 Å². The number of carbonyl (C=O) groups excluding carboxylic acids is 1. The monoisotopic (exact) mass is 471 g/mol. The standard InChI is InChI=1S/C24H29N3O5S/c28-24(27-13-10-20(17-27)26-11-1-2-12-26)18-4-6-19(7-5-18)25-33(29,30)21-8-9-22-23(16-21)32-15-3-14-31-22/h4-9,16,20,25H,1-3,10-15,17H2. The lowest BCUT2D eigenvalue weighted by Gasteiger charge is -2.23. The molecule has 0 aromatic heterocycles. The van der Waals surface area contributed by atoms with E-state index in [-0.39, 0.29) is 10.8 Å². The Bertz CT molecular complexity index is 1110. The molecular formula is C24H29N3O5S. The van der Waals surface area contributed by atoms with Crippen molar-refractivity contribution in [3.63, 3.8) is 0 Å². The van der Waals surface area contributed by atoms with E-state index in [1.807, 2.05) is 4.90 Å². The maximum atomic E-state index is 12.9. The molecule has 1 N–H and O–H groups in total. The highest BCUT2D eigenvalue weighted by molar-refractivity contribution is 7.92. The minimum absolute atomic E-state index is 0.00555. The van der Waals surface area contributed by atoms with Crippen LogP contribution >= 0.6 is 0 Å². The molecule has 33 heavy (non-hydrogen) atoms. The Balaban J connectivity index is 1.24. The Morgan fingerprint density at radius 3 is 2.39 bits per heavy atom. The average Bonchev–Trinajstić information content (AvgIpc) is 3.47. The number of hydrogen-bond donors (Lipinski definition) is 1. The molecule has 5 rings (SSSR count). The quantitative estimate of drug-likeness (QED) is 0.721. The summed E-state index contributed by atoms with van der Waals surface area (Å²) in [6, 6.07) is 11.7. The van der Waals surface area contributed by atoms with Crippen molar-refractivity contribution in [1.29, 1.82) is 0 Å². The van der Waals surface area contributed by atoms with Crippen LogP contribution in [0.4, 0.5) is 5.69 Å². The Kier molecular flexibility index (Phi) is 6.16. The molecule has 0 saturated carbocycles. The number of benzene rings is 2. The second kappa shape index (κ2) is 9.23. The first-order valence-electron chi connectivity index (χ1n) is 11.6. The molecule has 2 aromatic rings. The van der Waals surface area contributed by atoms with Crippen LogP contribution in [0.3, 0.4) is 0 Å². The molecule has 176 valence electrons. The van der Waals surface area contributed by atoms with Crippen LogP contribution in [-0.4, -0.2) is 69.6 Å². The van der Waals surface area contributed by atoms with E-state index in [4.69, 9.17) is 9.47 Å². The molecule has 9 heteroatoms. The molecule has 3 aliphatic heterocycles. The number of hydrogen-bond acceptors (Lipinski definition) is 6. The predicted octanol–water partition coefficient (Wildman–Crippen LogP) is 2.96. The summed E-state index contributed by atoms with van der Waals surface area (Å²) in [5.74, 6) is 0.964. The third-order valence-electron chi connectivity index (χ3n) is 6.52. The fourth-order valence-electron chi connectivity index (χ4n) is 4.72. The van der Waals surface area contributed by atoms with Gasteiger partial charge in [-0.15, -0.1) is 0 Å². The van der Waals surface area contributed by atoms with Crippen LogP contribution in [0, 0.1) is 0 Å². The van der Waals surface area contributed by atoms with Crippen LogP contribution in [-0.2, 0) is 10.0 Å². The first-order chi connectivity index (χ1) is 16.0. The highest BCUT2D eigenvalue weighted by Crippen LogP contribution is 2.32. The largest absolute Gasteiger partial charge is 0.490 e. The summed E-state index contributed by atoms with van der Waals surface area (Å²) in [6.45, 7) is 4.81. The summed E-state index contributed by atoms with van der Waals surface area (Å²) < 4.78 is 39.5. The van der Waals surface area contributed by atoms with Gasteiger partial charge in [-0.3, -0.25) is 14.4 Å². The van der Waals surface area contributed by atoms with E-state index in [2.05, 4.69) is 9.62 Å². The van der Waals surface area contributed by atoms with E-state index in [1.54, 1.807) is 30.3 Å². The molecule has 0 bridgehead atoms. The smallest absolute Gasteiger partial charge is 0.262 e. The number of rotatable bonds is 5. The second-order valence-electron chi connectivity index (χ2n) is 8.78. The summed E-state index contributed by atoms with van der Waals surface area (Å²) in [6.07, 6.45) is 4.25. The summed E-state index contributed by atoms with van der Waals surface area (Å²) in [7, 11) is -3.81. The van der Waals surface area contributed by atoms with E-state index in [1.165, 1.54) is 25.0 Å². The zero-order chi connectivity index (χ0) is 22.8. The van der Waals surface area contributed by atoms with Gasteiger partial charge in [0.05, 0.1) is 18.1 Å². The van der Waals surface area contributed by atoms with Crippen LogP contribution in [0.5, 0.6) is 11.5 Å². The number of anilines is 1. The third-order valence-corrected chi connectivity index (χ3v) is 7.90. The molecule has 2 aromatic carbocycles. The molecule has 1 amide bonds. The van der Waals surface area contributed by atoms with Crippen molar-refractivity contribution in [2.24, 2.45) is 0 Å². The van der Waals surface area contributed by atoms with Crippen LogP contribution < -0.4 is 14.2 Å². The first kappa shape index (κ1) is 22.0. The van der Waals surface area contributed by atoms with E-state index in [9.17, 15) is 13.2 Å². The Labute approximate surface area is 194 Å². The average molecular weight is 472 g/mol. The van der Waals surface area contributed by atoms with E-state index < -0.39 is 10.0 Å². The fourth-order valence-corrected chi connectivity index (χ4v) is 5.79. The maximum Gasteiger partial charge on any atom is 0.262 e. The Morgan fingerprint density at radius 2 is 1.64 bits per heavy atom. The lowest BCUT2D eigenvalue weighted by Crippen LogP contribution is -2.37. The van der Waals surface area contributed by atoms with Gasteiger partial charge in [0.2, 0.25) is 0 Å². The van der Waals surface area contributed by atoms with Crippen molar-refractivity contribution >= 4 is 21.6 Å². The predicted molar refractivity (Wildman–Crippen MR) is 124 cm³/mol. The second-order valence-corrected chi connectivity index (χ2v) is 10.5. The molecule has 0 aliphatic carbocycles. The fraction of sp³-hybridized carbons (Fsp3) is 0.458. The van der Waals surface area contributed by atoms with Gasteiger partial charge in [0, 0.05) is 42.9 Å². The zero-order valence-electron chi connectivity index (χ0n) is 18.5. The lowest BCUT2D eigenvalue weighted by molar-refractivity contribution is 0.0780. The van der Waals surface area contributed by atoms with E-state index >= 15 is 0 Å². The summed E-state index contributed by atoms with van der Waals surface area (Å²) in [5, 5.41) is 0. The number of nitrogens with one attached hydrogen (secondary N) is 1. The molecule has 1 unspecified atom stereocenters. The minimum atomic E-state index is -3.81. The van der Waals surface area contributed by atoms with Gasteiger partial charge in [-0.25, -0.2) is 8.42 Å². The number of nitrogens with zero attached hydrogens (tertiary/aromatic N) is 2. The number of fused-ring (bicyclic) bond motifs is 1. The highest BCUT2D eigenvalue weighted by atomic mass is 32.2. The molecule has 2 fully saturated rings. The van der Waals surface area contributed by atoms with Crippen LogP contribution in [0.15, 0.2) is 47.4 Å². The number of ether oxygens (including phenoxy) is 2. The molecule has 8 nitrogen and oxygen atoms in total. The van der Waals surface area contributed by atoms with Crippen molar-refractivity contribution < 1.29 is 22.7 Å². The van der Waals surface area contributed by atoms with Crippen molar-refractivity contribution in [1.82, 2.24) is 9.80 Å². The SMILES string of the molecule is O=C(c1ccc(NS(=O)(=O)c2ccc3c(c2)OCCCO3)cc1)N1CCC(N2CCCC2)C1. The number of likely N-dealkylation sites (tertiary alicyclic amines) is 2. The van der Waals surface area contributed by atoms with Gasteiger partial charge in [0.15, 0.2) is 11.5 Å². The summed E-state index contributed by atoms with van der Waals surface area (Å²) in [4.78, 5) is 17.4. The summed E-state index contributed by atoms with van der Waals surface area (Å²) >= 11 is 0. The van der Waals surface area contributed by atoms with Gasteiger partial charge in [0.25, 0.3) is 15.9 Å².